The second kappa shape index (κ2) is 8.76. The summed E-state index contributed by atoms with van der Waals surface area (Å²) in [4.78, 5) is 0. The van der Waals surface area contributed by atoms with Gasteiger partial charge in [0.1, 0.15) is 0 Å². The fraction of sp³-hybridized carbons (Fsp3) is 1.00. The van der Waals surface area contributed by atoms with Crippen molar-refractivity contribution in [3.63, 3.8) is 0 Å². The van der Waals surface area contributed by atoms with E-state index >= 15 is 0 Å². The lowest BCUT2D eigenvalue weighted by molar-refractivity contribution is -0.0683. The normalized spacial score (nSPS) is 18.7. The van der Waals surface area contributed by atoms with Crippen LogP contribution < -0.4 is 22.9 Å². The average molecular weight is 250 g/mol. The third-order valence-corrected chi connectivity index (χ3v) is 2.50. The van der Waals surface area contributed by atoms with Crippen molar-refractivity contribution in [1.29, 1.82) is 0 Å². The number of aliphatic hydroxyl groups is 2. The van der Waals surface area contributed by atoms with Gasteiger partial charge in [-0.05, 0) is 12.8 Å². The number of aliphatic hydroxyl groups excluding tert-OH is 1. The first-order valence-corrected chi connectivity index (χ1v) is 5.79. The van der Waals surface area contributed by atoms with E-state index in [0.717, 1.165) is 0 Å². The van der Waals surface area contributed by atoms with Crippen LogP contribution in [0.25, 0.3) is 0 Å². The summed E-state index contributed by atoms with van der Waals surface area (Å²) in [6.07, 6.45) is 0.589. The highest BCUT2D eigenvalue weighted by Crippen LogP contribution is 2.19. The van der Waals surface area contributed by atoms with Crippen LogP contribution >= 0.6 is 0 Å². The van der Waals surface area contributed by atoms with Crippen molar-refractivity contribution in [2.75, 3.05) is 32.9 Å². The van der Waals surface area contributed by atoms with E-state index in [2.05, 4.69) is 0 Å². The Morgan fingerprint density at radius 3 is 1.88 bits per heavy atom. The monoisotopic (exact) mass is 250 g/mol. The molecule has 0 bridgehead atoms. The molecule has 7 nitrogen and oxygen atoms in total. The van der Waals surface area contributed by atoms with Gasteiger partial charge in [-0.3, -0.25) is 0 Å². The predicted molar refractivity (Wildman–Crippen MR) is 66.1 cm³/mol. The average Bonchev–Trinajstić information content (AvgIpc) is 2.28. The molecule has 0 spiro atoms. The van der Waals surface area contributed by atoms with Crippen LogP contribution in [0.5, 0.6) is 0 Å². The molecule has 2 atom stereocenters. The smallest absolute Gasteiger partial charge is 0.0910 e. The van der Waals surface area contributed by atoms with Crippen LogP contribution in [0, 0.1) is 0 Å². The zero-order valence-electron chi connectivity index (χ0n) is 10.2. The van der Waals surface area contributed by atoms with Gasteiger partial charge in [0.25, 0.3) is 0 Å². The molecule has 0 radical (unpaired) electrons. The van der Waals surface area contributed by atoms with Crippen LogP contribution in [0.4, 0.5) is 0 Å². The van der Waals surface area contributed by atoms with E-state index < -0.39 is 5.60 Å². The summed E-state index contributed by atoms with van der Waals surface area (Å²) in [5, 5.41) is 19.0. The number of ether oxygens (including phenoxy) is 1. The van der Waals surface area contributed by atoms with Crippen molar-refractivity contribution in [2.45, 2.75) is 30.5 Å². The highest BCUT2D eigenvalue weighted by molar-refractivity contribution is 4.87. The minimum Gasteiger partial charge on any atom is -0.394 e. The van der Waals surface area contributed by atoms with Gasteiger partial charge in [-0.1, -0.05) is 0 Å². The first kappa shape index (κ1) is 16.7. The van der Waals surface area contributed by atoms with Crippen molar-refractivity contribution < 1.29 is 14.9 Å². The molecule has 0 aliphatic rings. The first-order chi connectivity index (χ1) is 7.97. The summed E-state index contributed by atoms with van der Waals surface area (Å²) in [7, 11) is 0. The summed E-state index contributed by atoms with van der Waals surface area (Å²) in [6, 6.07) is -0.634. The minimum atomic E-state index is -1.15. The Balaban J connectivity index is 4.33. The quantitative estimate of drug-likeness (QED) is 0.227. The maximum absolute atomic E-state index is 10.4. The molecule has 17 heavy (non-hydrogen) atoms. The fourth-order valence-corrected chi connectivity index (χ4v) is 1.67. The molecular weight excluding hydrogens is 224 g/mol. The van der Waals surface area contributed by atoms with Crippen LogP contribution in [-0.4, -0.2) is 60.8 Å². The van der Waals surface area contributed by atoms with Gasteiger partial charge >= 0.3 is 0 Å². The Kier molecular flexibility index (Phi) is 8.61. The van der Waals surface area contributed by atoms with Crippen molar-refractivity contribution in [3.05, 3.63) is 0 Å². The van der Waals surface area contributed by atoms with Crippen molar-refractivity contribution >= 4 is 0 Å². The molecule has 0 saturated heterocycles. The molecule has 7 heteroatoms. The molecule has 0 rings (SSSR count). The van der Waals surface area contributed by atoms with Crippen LogP contribution in [0.2, 0.25) is 0 Å². The lowest BCUT2D eigenvalue weighted by Gasteiger charge is -2.32. The summed E-state index contributed by atoms with van der Waals surface area (Å²) >= 11 is 0. The fourth-order valence-electron chi connectivity index (χ4n) is 1.67. The molecule has 0 aliphatic carbocycles. The molecule has 0 aromatic heterocycles. The van der Waals surface area contributed by atoms with Gasteiger partial charge in [-0.25, -0.2) is 0 Å². The van der Waals surface area contributed by atoms with Gasteiger partial charge in [0.2, 0.25) is 0 Å². The Hall–Kier alpha value is -0.280. The van der Waals surface area contributed by atoms with Gasteiger partial charge in [0.15, 0.2) is 0 Å². The van der Waals surface area contributed by atoms with Gasteiger partial charge in [0.05, 0.1) is 25.4 Å². The van der Waals surface area contributed by atoms with Crippen LogP contribution in [0.1, 0.15) is 12.8 Å². The molecule has 0 saturated carbocycles. The Bertz CT molecular complexity index is 182. The van der Waals surface area contributed by atoms with E-state index in [4.69, 9.17) is 32.8 Å². The number of rotatable bonds is 10. The number of nitrogens with two attached hydrogens (primary N) is 4. The van der Waals surface area contributed by atoms with Gasteiger partial charge in [0, 0.05) is 25.2 Å². The summed E-state index contributed by atoms with van der Waals surface area (Å²) < 4.78 is 5.15. The summed E-state index contributed by atoms with van der Waals surface area (Å²) in [5.74, 6) is 0. The van der Waals surface area contributed by atoms with Gasteiger partial charge in [-0.15, -0.1) is 0 Å². The second-order valence-corrected chi connectivity index (χ2v) is 4.40. The summed E-state index contributed by atoms with van der Waals surface area (Å²) in [6.45, 7) is 0.690. The third-order valence-electron chi connectivity index (χ3n) is 2.50. The molecule has 2 unspecified atom stereocenters. The van der Waals surface area contributed by atoms with E-state index in [1.165, 1.54) is 0 Å². The third kappa shape index (κ3) is 7.61. The van der Waals surface area contributed by atoms with E-state index in [1.54, 1.807) is 0 Å². The molecule has 0 heterocycles. The molecule has 0 aromatic rings. The van der Waals surface area contributed by atoms with Crippen molar-refractivity contribution in [3.8, 4) is 0 Å². The van der Waals surface area contributed by atoms with Crippen LogP contribution in [0.15, 0.2) is 0 Å². The van der Waals surface area contributed by atoms with Gasteiger partial charge in [-0.2, -0.15) is 0 Å². The first-order valence-electron chi connectivity index (χ1n) is 5.79. The Morgan fingerprint density at radius 2 is 1.53 bits per heavy atom. The van der Waals surface area contributed by atoms with Crippen LogP contribution in [-0.2, 0) is 4.74 Å². The van der Waals surface area contributed by atoms with E-state index in [1.807, 2.05) is 0 Å². The molecule has 104 valence electrons. The molecule has 0 amide bonds. The van der Waals surface area contributed by atoms with Crippen molar-refractivity contribution in [2.24, 2.45) is 22.9 Å². The Labute approximate surface area is 102 Å². The molecular formula is C10H26N4O3. The lowest BCUT2D eigenvalue weighted by Crippen LogP contribution is -2.48. The van der Waals surface area contributed by atoms with E-state index in [-0.39, 0.29) is 45.0 Å². The Morgan fingerprint density at radius 1 is 1.06 bits per heavy atom. The second-order valence-electron chi connectivity index (χ2n) is 4.40. The maximum atomic E-state index is 10.4. The number of hydrogen-bond acceptors (Lipinski definition) is 7. The van der Waals surface area contributed by atoms with Crippen molar-refractivity contribution in [1.82, 2.24) is 0 Å². The maximum Gasteiger partial charge on any atom is 0.0910 e. The molecule has 10 N–H and O–H groups in total. The van der Waals surface area contributed by atoms with Crippen LogP contribution in [0.3, 0.4) is 0 Å². The highest BCUT2D eigenvalue weighted by atomic mass is 16.5. The SMILES string of the molecule is NCC(N)CC(O)(COCCO)CC(N)CN. The molecule has 0 aromatic carbocycles. The zero-order chi connectivity index (χ0) is 13.3. The minimum absolute atomic E-state index is 0.0644. The largest absolute Gasteiger partial charge is 0.394 e. The standard InChI is InChI=1S/C10H26N4O3/c11-5-8(13)3-10(16,4-9(14)6-12)7-17-2-1-15/h8-9,15-16H,1-7,11-14H2. The van der Waals surface area contributed by atoms with E-state index in [0.29, 0.717) is 12.8 Å². The predicted octanol–water partition coefficient (Wildman–Crippen LogP) is -2.92. The van der Waals surface area contributed by atoms with Gasteiger partial charge < -0.3 is 37.9 Å². The lowest BCUT2D eigenvalue weighted by atomic mass is 9.89. The topological polar surface area (TPSA) is 154 Å². The summed E-state index contributed by atoms with van der Waals surface area (Å²) in [5.41, 5.74) is 21.1. The van der Waals surface area contributed by atoms with E-state index in [9.17, 15) is 5.11 Å². The molecule has 0 fully saturated rings. The number of hydrogen-bond donors (Lipinski definition) is 6. The zero-order valence-corrected chi connectivity index (χ0v) is 10.2. The highest BCUT2D eigenvalue weighted by Gasteiger charge is 2.31. The molecule has 0 aliphatic heterocycles.